The highest BCUT2D eigenvalue weighted by molar-refractivity contribution is 9.10. The van der Waals surface area contributed by atoms with Crippen molar-refractivity contribution in [2.45, 2.75) is 19.6 Å². The van der Waals surface area contributed by atoms with Crippen LogP contribution in [0.2, 0.25) is 5.02 Å². The fourth-order valence-corrected chi connectivity index (χ4v) is 3.63. The molecule has 0 saturated carbocycles. The molecule has 0 aliphatic carbocycles. The van der Waals surface area contributed by atoms with Gasteiger partial charge >= 0.3 is 6.18 Å². The van der Waals surface area contributed by atoms with E-state index in [2.05, 4.69) is 26.0 Å². The van der Waals surface area contributed by atoms with Gasteiger partial charge in [0, 0.05) is 26.2 Å². The number of anilines is 1. The van der Waals surface area contributed by atoms with Crippen molar-refractivity contribution < 1.29 is 22.7 Å². The van der Waals surface area contributed by atoms with E-state index in [1.807, 2.05) is 17.0 Å². The summed E-state index contributed by atoms with van der Waals surface area (Å²) in [5, 5.41) is 3.00. The molecule has 0 bridgehead atoms. The predicted octanol–water partition coefficient (Wildman–Crippen LogP) is 3.38. The second kappa shape index (κ2) is 8.39. The number of halogens is 5. The molecule has 1 saturated heterocycles. The molecule has 0 spiro atoms. The van der Waals surface area contributed by atoms with Crippen molar-refractivity contribution in [2.24, 2.45) is 0 Å². The Morgan fingerprint density at radius 3 is 2.48 bits per heavy atom. The number of piperazine rings is 1. The molecule has 2 aromatic heterocycles. The third kappa shape index (κ3) is 4.61. The Hall–Kier alpha value is -2.01. The Morgan fingerprint density at radius 2 is 1.93 bits per heavy atom. The summed E-state index contributed by atoms with van der Waals surface area (Å²) in [6.07, 6.45) is -4.67. The highest BCUT2D eigenvalue weighted by atomic mass is 79.9. The maximum atomic E-state index is 12.9. The van der Waals surface area contributed by atoms with Crippen LogP contribution >= 0.6 is 27.5 Å². The van der Waals surface area contributed by atoms with Crippen molar-refractivity contribution in [3.8, 4) is 5.88 Å². The Labute approximate surface area is 178 Å². The minimum atomic E-state index is -4.67. The summed E-state index contributed by atoms with van der Waals surface area (Å²) in [5.41, 5.74) is -1.07. The Balaban J connectivity index is 1.64. The molecule has 0 unspecified atom stereocenters. The van der Waals surface area contributed by atoms with Gasteiger partial charge in [-0.3, -0.25) is 9.48 Å². The second-order valence-electron chi connectivity index (χ2n) is 6.43. The van der Waals surface area contributed by atoms with Crippen LogP contribution < -0.4 is 9.64 Å². The lowest BCUT2D eigenvalue weighted by Gasteiger charge is -2.35. The van der Waals surface area contributed by atoms with Crippen molar-refractivity contribution in [1.29, 1.82) is 0 Å². The summed E-state index contributed by atoms with van der Waals surface area (Å²) in [6, 6.07) is 3.68. The summed E-state index contributed by atoms with van der Waals surface area (Å²) < 4.78 is 45.8. The summed E-state index contributed by atoms with van der Waals surface area (Å²) in [4.78, 5) is 20.6. The first-order valence-corrected chi connectivity index (χ1v) is 9.82. The highest BCUT2D eigenvalue weighted by Crippen LogP contribution is 2.35. The molecular weight excluding hydrogens is 479 g/mol. The van der Waals surface area contributed by atoms with Gasteiger partial charge in [0.25, 0.3) is 0 Å². The summed E-state index contributed by atoms with van der Waals surface area (Å²) in [5.74, 6) is 0.871. The van der Waals surface area contributed by atoms with Crippen LogP contribution in [0.3, 0.4) is 0 Å². The molecule has 0 aromatic carbocycles. The van der Waals surface area contributed by atoms with E-state index in [1.165, 1.54) is 14.0 Å². The molecule has 7 nitrogen and oxygen atoms in total. The van der Waals surface area contributed by atoms with E-state index in [9.17, 15) is 18.0 Å². The molecule has 0 N–H and O–H groups in total. The van der Waals surface area contributed by atoms with Crippen LogP contribution in [-0.2, 0) is 17.5 Å². The van der Waals surface area contributed by atoms with Crippen molar-refractivity contribution in [2.75, 3.05) is 38.2 Å². The zero-order valence-electron chi connectivity index (χ0n) is 15.6. The van der Waals surface area contributed by atoms with Crippen LogP contribution in [0, 0.1) is 6.92 Å². The molecule has 158 valence electrons. The molecule has 1 fully saturated rings. The molecule has 3 heterocycles. The van der Waals surface area contributed by atoms with E-state index < -0.39 is 16.9 Å². The van der Waals surface area contributed by atoms with E-state index in [4.69, 9.17) is 16.3 Å². The van der Waals surface area contributed by atoms with Crippen LogP contribution in [0.5, 0.6) is 5.88 Å². The van der Waals surface area contributed by atoms with Crippen LogP contribution in [0.15, 0.2) is 16.6 Å². The van der Waals surface area contributed by atoms with E-state index in [1.54, 1.807) is 4.90 Å². The minimum Gasteiger partial charge on any atom is -0.480 e. The van der Waals surface area contributed by atoms with Crippen molar-refractivity contribution in [1.82, 2.24) is 19.7 Å². The Morgan fingerprint density at radius 1 is 1.28 bits per heavy atom. The number of hydrogen-bond donors (Lipinski definition) is 0. The van der Waals surface area contributed by atoms with Crippen LogP contribution in [0.4, 0.5) is 19.0 Å². The average Bonchev–Trinajstić information content (AvgIpc) is 2.97. The van der Waals surface area contributed by atoms with Gasteiger partial charge in [-0.2, -0.15) is 23.3 Å². The van der Waals surface area contributed by atoms with Gasteiger partial charge in [0.2, 0.25) is 11.8 Å². The van der Waals surface area contributed by atoms with E-state index >= 15 is 0 Å². The number of methoxy groups -OCH3 is 1. The third-order valence-corrected chi connectivity index (χ3v) is 5.69. The normalized spacial score (nSPS) is 15.0. The fraction of sp³-hybridized carbons (Fsp3) is 0.471. The molecule has 1 aliphatic heterocycles. The maximum absolute atomic E-state index is 12.9. The molecule has 12 heteroatoms. The van der Waals surface area contributed by atoms with Crippen LogP contribution in [0.25, 0.3) is 0 Å². The number of amides is 1. The van der Waals surface area contributed by atoms with Gasteiger partial charge in [-0.25, -0.2) is 0 Å². The number of carbonyl (C=O) groups is 1. The number of ether oxygens (including phenoxy) is 1. The zero-order valence-corrected chi connectivity index (χ0v) is 18.0. The largest absolute Gasteiger partial charge is 0.480 e. The minimum absolute atomic E-state index is 0.108. The van der Waals surface area contributed by atoms with Gasteiger partial charge in [-0.15, -0.1) is 0 Å². The van der Waals surface area contributed by atoms with Gasteiger partial charge in [0.15, 0.2) is 5.69 Å². The van der Waals surface area contributed by atoms with Crippen molar-refractivity contribution >= 4 is 39.3 Å². The lowest BCUT2D eigenvalue weighted by molar-refractivity contribution is -0.142. The predicted molar refractivity (Wildman–Crippen MR) is 104 cm³/mol. The van der Waals surface area contributed by atoms with Crippen molar-refractivity contribution in [3.05, 3.63) is 33.0 Å². The number of alkyl halides is 3. The second-order valence-corrected chi connectivity index (χ2v) is 7.66. The van der Waals surface area contributed by atoms with E-state index in [-0.39, 0.29) is 18.1 Å². The molecule has 29 heavy (non-hydrogen) atoms. The fourth-order valence-electron chi connectivity index (χ4n) is 3.01. The van der Waals surface area contributed by atoms with Gasteiger partial charge < -0.3 is 14.5 Å². The molecule has 2 aromatic rings. The SMILES string of the molecule is COc1nc(N2CCN(C(=O)Cn3nc(C(F)(F)F)c(Cl)c3C)CC2)ccc1Br. The van der Waals surface area contributed by atoms with Crippen LogP contribution in [-0.4, -0.2) is 58.9 Å². The van der Waals surface area contributed by atoms with Gasteiger partial charge in [-0.05, 0) is 35.0 Å². The van der Waals surface area contributed by atoms with Crippen molar-refractivity contribution in [3.63, 3.8) is 0 Å². The molecule has 0 radical (unpaired) electrons. The topological polar surface area (TPSA) is 63.5 Å². The third-order valence-electron chi connectivity index (χ3n) is 4.64. The molecule has 3 rings (SSSR count). The molecular formula is C17H18BrClF3N5O2. The maximum Gasteiger partial charge on any atom is 0.436 e. The van der Waals surface area contributed by atoms with Gasteiger partial charge in [0.05, 0.1) is 22.3 Å². The van der Waals surface area contributed by atoms with Gasteiger partial charge in [-0.1, -0.05) is 11.6 Å². The lowest BCUT2D eigenvalue weighted by Crippen LogP contribution is -2.50. The average molecular weight is 497 g/mol. The molecule has 1 amide bonds. The first-order chi connectivity index (χ1) is 13.6. The summed E-state index contributed by atoms with van der Waals surface area (Å²) >= 11 is 9.09. The molecule has 1 aliphatic rings. The number of pyridine rings is 1. The highest BCUT2D eigenvalue weighted by Gasteiger charge is 2.38. The summed E-state index contributed by atoms with van der Waals surface area (Å²) in [7, 11) is 1.53. The number of carbonyl (C=O) groups excluding carboxylic acids is 1. The van der Waals surface area contributed by atoms with E-state index in [0.29, 0.717) is 32.1 Å². The Kier molecular flexibility index (Phi) is 6.27. The number of hydrogen-bond acceptors (Lipinski definition) is 5. The lowest BCUT2D eigenvalue weighted by atomic mass is 10.3. The summed E-state index contributed by atoms with van der Waals surface area (Å²) in [6.45, 7) is 3.01. The monoisotopic (exact) mass is 495 g/mol. The quantitative estimate of drug-likeness (QED) is 0.649. The first kappa shape index (κ1) is 21.7. The first-order valence-electron chi connectivity index (χ1n) is 8.65. The van der Waals surface area contributed by atoms with Crippen LogP contribution in [0.1, 0.15) is 11.4 Å². The standard InChI is InChI=1S/C17H18BrClF3N5O2/c1-10-14(19)15(17(20,21)22)24-27(10)9-13(28)26-7-5-25(6-8-26)12-4-3-11(18)16(23-12)29-2/h3-4H,5-9H2,1-2H3. The molecule has 0 atom stereocenters. The number of aromatic nitrogens is 3. The number of nitrogens with zero attached hydrogens (tertiary/aromatic N) is 5. The Bertz CT molecular complexity index is 913. The van der Waals surface area contributed by atoms with Gasteiger partial charge in [0.1, 0.15) is 12.4 Å². The van der Waals surface area contributed by atoms with E-state index in [0.717, 1.165) is 15.0 Å². The zero-order chi connectivity index (χ0) is 21.3. The smallest absolute Gasteiger partial charge is 0.436 e. The number of rotatable bonds is 4.